The van der Waals surface area contributed by atoms with Gasteiger partial charge in [0.1, 0.15) is 5.82 Å². The highest BCUT2D eigenvalue weighted by Crippen LogP contribution is 2.15. The quantitative estimate of drug-likeness (QED) is 0.939. The molecule has 3 rings (SSSR count). The van der Waals surface area contributed by atoms with Gasteiger partial charge in [0, 0.05) is 38.1 Å². The van der Waals surface area contributed by atoms with Crippen molar-refractivity contribution >= 4 is 17.4 Å². The fraction of sp³-hybridized carbons (Fsp3) is 0.368. The first kappa shape index (κ1) is 16.5. The number of benzene rings is 1. The summed E-state index contributed by atoms with van der Waals surface area (Å²) in [7, 11) is 0. The standard InChI is InChI=1S/C19H24N4O/c1-15-6-5-7-17(14-15)21-19(24)16(2)22-10-12-23(13-11-22)18-8-3-4-9-20-18/h3-9,14,16H,10-13H2,1-2H3,(H,21,24)/t16-/m0/s1. The number of carbonyl (C=O) groups is 1. The second-order valence-electron chi connectivity index (χ2n) is 6.25. The SMILES string of the molecule is Cc1cccc(NC(=O)[C@H](C)N2CCN(c3ccccn3)CC2)c1. The van der Waals surface area contributed by atoms with Gasteiger partial charge in [0.25, 0.3) is 0 Å². The number of aryl methyl sites for hydroxylation is 1. The summed E-state index contributed by atoms with van der Waals surface area (Å²) < 4.78 is 0. The molecule has 1 aromatic heterocycles. The Morgan fingerprint density at radius 3 is 2.58 bits per heavy atom. The number of anilines is 2. The van der Waals surface area contributed by atoms with Crippen LogP contribution < -0.4 is 10.2 Å². The van der Waals surface area contributed by atoms with Crippen LogP contribution in [0.25, 0.3) is 0 Å². The van der Waals surface area contributed by atoms with Gasteiger partial charge in [-0.25, -0.2) is 4.98 Å². The van der Waals surface area contributed by atoms with Gasteiger partial charge < -0.3 is 10.2 Å². The van der Waals surface area contributed by atoms with Crippen molar-refractivity contribution in [2.45, 2.75) is 19.9 Å². The molecule has 0 unspecified atom stereocenters. The molecule has 1 saturated heterocycles. The minimum atomic E-state index is -0.142. The summed E-state index contributed by atoms with van der Waals surface area (Å²) in [5, 5.41) is 3.02. The average Bonchev–Trinajstić information content (AvgIpc) is 2.62. The molecule has 0 radical (unpaired) electrons. The molecular weight excluding hydrogens is 300 g/mol. The van der Waals surface area contributed by atoms with Crippen LogP contribution in [0.1, 0.15) is 12.5 Å². The molecule has 2 heterocycles. The molecule has 1 aliphatic rings. The van der Waals surface area contributed by atoms with E-state index in [4.69, 9.17) is 0 Å². The third-order valence-electron chi connectivity index (χ3n) is 4.50. The Hall–Kier alpha value is -2.40. The molecule has 1 aliphatic heterocycles. The molecule has 1 aromatic carbocycles. The van der Waals surface area contributed by atoms with Gasteiger partial charge in [0.05, 0.1) is 6.04 Å². The summed E-state index contributed by atoms with van der Waals surface area (Å²) in [6, 6.07) is 13.7. The minimum Gasteiger partial charge on any atom is -0.354 e. The van der Waals surface area contributed by atoms with Gasteiger partial charge in [-0.1, -0.05) is 18.2 Å². The average molecular weight is 324 g/mol. The highest BCUT2D eigenvalue weighted by atomic mass is 16.2. The van der Waals surface area contributed by atoms with E-state index in [1.807, 2.05) is 62.5 Å². The number of nitrogens with one attached hydrogen (secondary N) is 1. The van der Waals surface area contributed by atoms with E-state index in [9.17, 15) is 4.79 Å². The van der Waals surface area contributed by atoms with Crippen molar-refractivity contribution < 1.29 is 4.79 Å². The predicted octanol–water partition coefficient (Wildman–Crippen LogP) is 2.54. The van der Waals surface area contributed by atoms with E-state index < -0.39 is 0 Å². The Balaban J connectivity index is 1.55. The summed E-state index contributed by atoms with van der Waals surface area (Å²) in [5.41, 5.74) is 2.00. The fourth-order valence-electron chi connectivity index (χ4n) is 3.01. The first-order valence-corrected chi connectivity index (χ1v) is 8.41. The molecule has 2 aromatic rings. The van der Waals surface area contributed by atoms with Gasteiger partial charge >= 0.3 is 0 Å². The number of hydrogen-bond acceptors (Lipinski definition) is 4. The Bertz CT molecular complexity index is 681. The largest absolute Gasteiger partial charge is 0.354 e. The van der Waals surface area contributed by atoms with Gasteiger partial charge in [0.2, 0.25) is 5.91 Å². The summed E-state index contributed by atoms with van der Waals surface area (Å²) in [6.07, 6.45) is 1.82. The van der Waals surface area contributed by atoms with Crippen molar-refractivity contribution in [2.24, 2.45) is 0 Å². The molecule has 0 spiro atoms. The van der Waals surface area contributed by atoms with Crippen LogP contribution in [0.4, 0.5) is 11.5 Å². The normalized spacial score (nSPS) is 16.7. The summed E-state index contributed by atoms with van der Waals surface area (Å²) in [6.45, 7) is 7.49. The van der Waals surface area contributed by atoms with Gasteiger partial charge in [0.15, 0.2) is 0 Å². The van der Waals surface area contributed by atoms with Crippen LogP contribution in [0.15, 0.2) is 48.7 Å². The van der Waals surface area contributed by atoms with Crippen LogP contribution >= 0.6 is 0 Å². The number of nitrogens with zero attached hydrogens (tertiary/aromatic N) is 3. The molecule has 24 heavy (non-hydrogen) atoms. The first-order valence-electron chi connectivity index (χ1n) is 8.41. The van der Waals surface area contributed by atoms with Gasteiger partial charge in [-0.2, -0.15) is 0 Å². The van der Waals surface area contributed by atoms with Crippen LogP contribution in [-0.4, -0.2) is 48.0 Å². The Morgan fingerprint density at radius 1 is 1.12 bits per heavy atom. The smallest absolute Gasteiger partial charge is 0.241 e. The maximum atomic E-state index is 12.5. The topological polar surface area (TPSA) is 48.5 Å². The van der Waals surface area contributed by atoms with Crippen LogP contribution in [0.3, 0.4) is 0 Å². The van der Waals surface area contributed by atoms with Crippen molar-refractivity contribution in [3.63, 3.8) is 0 Å². The Labute approximate surface area is 143 Å². The zero-order valence-electron chi connectivity index (χ0n) is 14.3. The van der Waals surface area contributed by atoms with Crippen LogP contribution in [-0.2, 0) is 4.79 Å². The van der Waals surface area contributed by atoms with E-state index in [-0.39, 0.29) is 11.9 Å². The Morgan fingerprint density at radius 2 is 1.92 bits per heavy atom. The second-order valence-corrected chi connectivity index (χ2v) is 6.25. The molecule has 0 bridgehead atoms. The number of pyridine rings is 1. The third-order valence-corrected chi connectivity index (χ3v) is 4.50. The van der Waals surface area contributed by atoms with Gasteiger partial charge in [-0.15, -0.1) is 0 Å². The van der Waals surface area contributed by atoms with E-state index in [1.165, 1.54) is 0 Å². The minimum absolute atomic E-state index is 0.0480. The van der Waals surface area contributed by atoms with E-state index in [0.717, 1.165) is 43.2 Å². The van der Waals surface area contributed by atoms with Crippen molar-refractivity contribution in [1.29, 1.82) is 0 Å². The lowest BCUT2D eigenvalue weighted by Gasteiger charge is -2.37. The van der Waals surface area contributed by atoms with E-state index in [1.54, 1.807) is 0 Å². The number of amides is 1. The molecule has 5 heteroatoms. The van der Waals surface area contributed by atoms with Crippen molar-refractivity contribution in [3.05, 3.63) is 54.2 Å². The van der Waals surface area contributed by atoms with Gasteiger partial charge in [-0.3, -0.25) is 9.69 Å². The number of piperazine rings is 1. The zero-order chi connectivity index (χ0) is 16.9. The molecule has 1 amide bonds. The predicted molar refractivity (Wildman–Crippen MR) is 97.3 cm³/mol. The summed E-state index contributed by atoms with van der Waals surface area (Å²) in [4.78, 5) is 21.4. The third kappa shape index (κ3) is 3.92. The monoisotopic (exact) mass is 324 g/mol. The molecular formula is C19H24N4O. The van der Waals surface area contributed by atoms with Crippen molar-refractivity contribution in [3.8, 4) is 0 Å². The Kier molecular flexibility index (Phi) is 5.11. The maximum Gasteiger partial charge on any atom is 0.241 e. The molecule has 126 valence electrons. The molecule has 0 saturated carbocycles. The summed E-state index contributed by atoms with van der Waals surface area (Å²) >= 11 is 0. The van der Waals surface area contributed by atoms with Crippen molar-refractivity contribution in [1.82, 2.24) is 9.88 Å². The van der Waals surface area contributed by atoms with Crippen molar-refractivity contribution in [2.75, 3.05) is 36.4 Å². The molecule has 5 nitrogen and oxygen atoms in total. The van der Waals surface area contributed by atoms with Crippen LogP contribution in [0, 0.1) is 6.92 Å². The first-order chi connectivity index (χ1) is 11.6. The zero-order valence-corrected chi connectivity index (χ0v) is 14.3. The molecule has 1 N–H and O–H groups in total. The lowest BCUT2D eigenvalue weighted by Crippen LogP contribution is -2.53. The number of rotatable bonds is 4. The fourth-order valence-corrected chi connectivity index (χ4v) is 3.01. The molecule has 0 aliphatic carbocycles. The molecule has 1 fully saturated rings. The van der Waals surface area contributed by atoms with E-state index in [2.05, 4.69) is 20.1 Å². The number of hydrogen-bond donors (Lipinski definition) is 1. The van der Waals surface area contributed by atoms with E-state index in [0.29, 0.717) is 0 Å². The highest BCUT2D eigenvalue weighted by molar-refractivity contribution is 5.94. The van der Waals surface area contributed by atoms with Crippen LogP contribution in [0.2, 0.25) is 0 Å². The lowest BCUT2D eigenvalue weighted by molar-refractivity contribution is -0.120. The highest BCUT2D eigenvalue weighted by Gasteiger charge is 2.26. The van der Waals surface area contributed by atoms with E-state index >= 15 is 0 Å². The lowest BCUT2D eigenvalue weighted by atomic mass is 10.2. The summed E-state index contributed by atoms with van der Waals surface area (Å²) in [5.74, 6) is 1.06. The maximum absolute atomic E-state index is 12.5. The number of aromatic nitrogens is 1. The van der Waals surface area contributed by atoms with Gasteiger partial charge in [-0.05, 0) is 43.7 Å². The molecule has 1 atom stereocenters. The van der Waals surface area contributed by atoms with Crippen LogP contribution in [0.5, 0.6) is 0 Å². The second kappa shape index (κ2) is 7.45. The number of carbonyl (C=O) groups excluding carboxylic acids is 1.